The summed E-state index contributed by atoms with van der Waals surface area (Å²) in [4.78, 5) is 11.7. The molecule has 1 aromatic rings. The van der Waals surface area contributed by atoms with Gasteiger partial charge in [0.1, 0.15) is 6.61 Å². The molecule has 0 saturated carbocycles. The van der Waals surface area contributed by atoms with E-state index in [4.69, 9.17) is 0 Å². The molecule has 0 aliphatic heterocycles. The molecule has 0 aliphatic rings. The maximum Gasteiger partial charge on any atom is 0.411 e. The second-order valence-corrected chi connectivity index (χ2v) is 4.74. The molecule has 3 nitrogen and oxygen atoms in total. The number of amides is 1. The number of alkyl halides is 3. The normalized spacial score (nSPS) is 11.4. The van der Waals surface area contributed by atoms with Gasteiger partial charge in [0.2, 0.25) is 0 Å². The minimum atomic E-state index is -4.34. The fourth-order valence-electron chi connectivity index (χ4n) is 1.31. The van der Waals surface area contributed by atoms with Crippen molar-refractivity contribution in [1.82, 2.24) is 5.32 Å². The Balaban J connectivity index is 2.33. The van der Waals surface area contributed by atoms with Crippen LogP contribution in [0.2, 0.25) is 0 Å². The highest BCUT2D eigenvalue weighted by Crippen LogP contribution is 2.17. The highest BCUT2D eigenvalue weighted by atomic mass is 79.9. The average Bonchev–Trinajstić information content (AvgIpc) is 2.30. The van der Waals surface area contributed by atoms with Gasteiger partial charge in [0.05, 0.1) is 6.61 Å². The van der Waals surface area contributed by atoms with Crippen molar-refractivity contribution in [2.75, 3.05) is 19.8 Å². The molecule has 0 atom stereocenters. The van der Waals surface area contributed by atoms with E-state index in [-0.39, 0.29) is 19.1 Å². The molecule has 0 spiro atoms. The molecule has 0 saturated heterocycles. The van der Waals surface area contributed by atoms with Crippen LogP contribution in [-0.2, 0) is 4.74 Å². The topological polar surface area (TPSA) is 38.3 Å². The lowest BCUT2D eigenvalue weighted by Crippen LogP contribution is -2.28. The van der Waals surface area contributed by atoms with Crippen molar-refractivity contribution in [2.24, 2.45) is 0 Å². The first-order valence-electron chi connectivity index (χ1n) is 5.48. The zero-order valence-corrected chi connectivity index (χ0v) is 11.8. The molecular formula is C12H13BrF3NO2. The number of aryl methyl sites for hydroxylation is 1. The van der Waals surface area contributed by atoms with Crippen LogP contribution in [0.15, 0.2) is 22.7 Å². The van der Waals surface area contributed by atoms with Gasteiger partial charge in [-0.3, -0.25) is 4.79 Å². The van der Waals surface area contributed by atoms with Crippen LogP contribution in [0.5, 0.6) is 0 Å². The third-order valence-electron chi connectivity index (χ3n) is 2.22. The Morgan fingerprint density at radius 3 is 2.68 bits per heavy atom. The van der Waals surface area contributed by atoms with Crippen molar-refractivity contribution < 1.29 is 22.7 Å². The highest BCUT2D eigenvalue weighted by Gasteiger charge is 2.27. The average molecular weight is 340 g/mol. The van der Waals surface area contributed by atoms with Gasteiger partial charge in [-0.05, 0) is 30.7 Å². The number of carbonyl (C=O) groups is 1. The second-order valence-electron chi connectivity index (χ2n) is 3.89. The van der Waals surface area contributed by atoms with E-state index in [1.54, 1.807) is 18.2 Å². The fraction of sp³-hybridized carbons (Fsp3) is 0.417. The van der Waals surface area contributed by atoms with E-state index in [1.165, 1.54) is 0 Å². The molecular weight excluding hydrogens is 327 g/mol. The number of halogens is 4. The number of benzene rings is 1. The van der Waals surface area contributed by atoms with E-state index < -0.39 is 12.8 Å². The van der Waals surface area contributed by atoms with Gasteiger partial charge in [0, 0.05) is 16.6 Å². The molecule has 0 bridgehead atoms. The molecule has 19 heavy (non-hydrogen) atoms. The number of hydrogen-bond donors (Lipinski definition) is 1. The number of hydrogen-bond acceptors (Lipinski definition) is 2. The highest BCUT2D eigenvalue weighted by molar-refractivity contribution is 9.10. The number of rotatable bonds is 5. The quantitative estimate of drug-likeness (QED) is 0.837. The van der Waals surface area contributed by atoms with E-state index in [1.807, 2.05) is 6.92 Å². The smallest absolute Gasteiger partial charge is 0.370 e. The molecule has 0 heterocycles. The van der Waals surface area contributed by atoms with Crippen molar-refractivity contribution >= 4 is 21.8 Å². The summed E-state index contributed by atoms with van der Waals surface area (Å²) < 4.78 is 40.6. The summed E-state index contributed by atoms with van der Waals surface area (Å²) in [5.74, 6) is -0.341. The Kier molecular flexibility index (Phi) is 5.81. The standard InChI is InChI=1S/C12H13BrF3NO2/c1-8-6-9(2-3-10(8)13)11(18)17-4-5-19-7-12(14,15)16/h2-3,6H,4-5,7H2,1H3,(H,17,18). The Hall–Kier alpha value is -1.08. The minimum Gasteiger partial charge on any atom is -0.370 e. The van der Waals surface area contributed by atoms with Crippen molar-refractivity contribution in [3.8, 4) is 0 Å². The first-order chi connectivity index (χ1) is 8.79. The Morgan fingerprint density at radius 2 is 2.11 bits per heavy atom. The summed E-state index contributed by atoms with van der Waals surface area (Å²) in [5.41, 5.74) is 1.36. The zero-order valence-electron chi connectivity index (χ0n) is 10.2. The lowest BCUT2D eigenvalue weighted by molar-refractivity contribution is -0.173. The molecule has 1 aromatic carbocycles. The van der Waals surface area contributed by atoms with Crippen LogP contribution < -0.4 is 5.32 Å². The van der Waals surface area contributed by atoms with Gasteiger partial charge in [-0.2, -0.15) is 13.2 Å². The molecule has 0 aromatic heterocycles. The molecule has 0 aliphatic carbocycles. The van der Waals surface area contributed by atoms with Crippen molar-refractivity contribution in [1.29, 1.82) is 0 Å². The molecule has 0 radical (unpaired) electrons. The van der Waals surface area contributed by atoms with Crippen LogP contribution in [0.25, 0.3) is 0 Å². The second kappa shape index (κ2) is 6.91. The maximum absolute atomic E-state index is 11.8. The van der Waals surface area contributed by atoms with Crippen LogP contribution in [0, 0.1) is 6.92 Å². The molecule has 1 rings (SSSR count). The monoisotopic (exact) mass is 339 g/mol. The summed E-state index contributed by atoms with van der Waals surface area (Å²) in [6.07, 6.45) is -4.34. The summed E-state index contributed by atoms with van der Waals surface area (Å²) in [6, 6.07) is 5.06. The van der Waals surface area contributed by atoms with Crippen LogP contribution in [0.4, 0.5) is 13.2 Å². The largest absolute Gasteiger partial charge is 0.411 e. The first kappa shape index (κ1) is 16.0. The van der Waals surface area contributed by atoms with E-state index >= 15 is 0 Å². The molecule has 0 unspecified atom stereocenters. The molecule has 1 amide bonds. The van der Waals surface area contributed by atoms with E-state index in [0.717, 1.165) is 10.0 Å². The number of carbonyl (C=O) groups excluding carboxylic acids is 1. The summed E-state index contributed by atoms with van der Waals surface area (Å²) in [6.45, 7) is 0.387. The van der Waals surface area contributed by atoms with E-state index in [9.17, 15) is 18.0 Å². The lowest BCUT2D eigenvalue weighted by atomic mass is 10.1. The third kappa shape index (κ3) is 6.07. The van der Waals surface area contributed by atoms with Crippen LogP contribution in [-0.4, -0.2) is 31.8 Å². The molecule has 7 heteroatoms. The SMILES string of the molecule is Cc1cc(C(=O)NCCOCC(F)(F)F)ccc1Br. The summed E-state index contributed by atoms with van der Waals surface area (Å²) in [7, 11) is 0. The lowest BCUT2D eigenvalue weighted by Gasteiger charge is -2.09. The van der Waals surface area contributed by atoms with Gasteiger partial charge in [0.15, 0.2) is 0 Å². The third-order valence-corrected chi connectivity index (χ3v) is 3.11. The minimum absolute atomic E-state index is 0.0318. The molecule has 1 N–H and O–H groups in total. The Labute approximate surface area is 117 Å². The molecule has 106 valence electrons. The maximum atomic E-state index is 11.8. The summed E-state index contributed by atoms with van der Waals surface area (Å²) in [5, 5.41) is 2.49. The van der Waals surface area contributed by atoms with Gasteiger partial charge in [-0.1, -0.05) is 15.9 Å². The Morgan fingerprint density at radius 1 is 1.42 bits per heavy atom. The van der Waals surface area contributed by atoms with Crippen LogP contribution >= 0.6 is 15.9 Å². The predicted molar refractivity (Wildman–Crippen MR) is 68.1 cm³/mol. The van der Waals surface area contributed by atoms with Crippen molar-refractivity contribution in [3.05, 3.63) is 33.8 Å². The number of ether oxygens (including phenoxy) is 1. The van der Waals surface area contributed by atoms with E-state index in [2.05, 4.69) is 26.0 Å². The summed E-state index contributed by atoms with van der Waals surface area (Å²) >= 11 is 3.31. The molecule has 0 fully saturated rings. The fourth-order valence-corrected chi connectivity index (χ4v) is 1.56. The number of nitrogens with one attached hydrogen (secondary N) is 1. The van der Waals surface area contributed by atoms with Gasteiger partial charge >= 0.3 is 6.18 Å². The zero-order chi connectivity index (χ0) is 14.5. The predicted octanol–water partition coefficient (Wildman–Crippen LogP) is 3.07. The van der Waals surface area contributed by atoms with E-state index in [0.29, 0.717) is 5.56 Å². The van der Waals surface area contributed by atoms with Gasteiger partial charge in [0.25, 0.3) is 5.91 Å². The van der Waals surface area contributed by atoms with Crippen molar-refractivity contribution in [2.45, 2.75) is 13.1 Å². The van der Waals surface area contributed by atoms with Gasteiger partial charge < -0.3 is 10.1 Å². The van der Waals surface area contributed by atoms with Crippen molar-refractivity contribution in [3.63, 3.8) is 0 Å². The van der Waals surface area contributed by atoms with Gasteiger partial charge in [-0.15, -0.1) is 0 Å². The van der Waals surface area contributed by atoms with Gasteiger partial charge in [-0.25, -0.2) is 0 Å². The Bertz CT molecular complexity index is 449. The van der Waals surface area contributed by atoms with Crippen LogP contribution in [0.1, 0.15) is 15.9 Å². The first-order valence-corrected chi connectivity index (χ1v) is 6.28. The van der Waals surface area contributed by atoms with Crippen LogP contribution in [0.3, 0.4) is 0 Å².